The number of nitrogens with one attached hydrogen (secondary N) is 1. The van der Waals surface area contributed by atoms with E-state index >= 15 is 0 Å². The van der Waals surface area contributed by atoms with Gasteiger partial charge in [-0.25, -0.2) is 0 Å². The molecule has 0 unspecified atom stereocenters. The molecule has 3 heteroatoms. The standard InChI is InChI=1S/C13H17Cl2N/c1-16-9-13(5-2-6-13)8-10-3-4-11(14)12(15)7-10/h3-4,7,16H,2,5-6,8-9H2,1H3. The summed E-state index contributed by atoms with van der Waals surface area (Å²) in [5, 5.41) is 4.60. The first kappa shape index (κ1) is 12.2. The molecule has 0 heterocycles. The van der Waals surface area contributed by atoms with Gasteiger partial charge in [0.25, 0.3) is 0 Å². The third-order valence-corrected chi connectivity index (χ3v) is 4.27. The first-order valence-corrected chi connectivity index (χ1v) is 6.49. The summed E-state index contributed by atoms with van der Waals surface area (Å²) < 4.78 is 0. The van der Waals surface area contributed by atoms with Gasteiger partial charge in [-0.05, 0) is 49.4 Å². The van der Waals surface area contributed by atoms with Crippen molar-refractivity contribution in [2.75, 3.05) is 13.6 Å². The van der Waals surface area contributed by atoms with Crippen LogP contribution in [0.1, 0.15) is 24.8 Å². The number of halogens is 2. The summed E-state index contributed by atoms with van der Waals surface area (Å²) in [6, 6.07) is 5.98. The molecular weight excluding hydrogens is 241 g/mol. The van der Waals surface area contributed by atoms with E-state index in [9.17, 15) is 0 Å². The van der Waals surface area contributed by atoms with Crippen molar-refractivity contribution in [3.8, 4) is 0 Å². The molecule has 0 bridgehead atoms. The van der Waals surface area contributed by atoms with E-state index in [1.54, 1.807) is 0 Å². The summed E-state index contributed by atoms with van der Waals surface area (Å²) in [6.07, 6.45) is 5.08. The SMILES string of the molecule is CNCC1(Cc2ccc(Cl)c(Cl)c2)CCC1. The third-order valence-electron chi connectivity index (χ3n) is 3.53. The number of hydrogen-bond acceptors (Lipinski definition) is 1. The molecule has 1 fully saturated rings. The smallest absolute Gasteiger partial charge is 0.0595 e. The topological polar surface area (TPSA) is 12.0 Å². The molecule has 1 nitrogen and oxygen atoms in total. The maximum Gasteiger partial charge on any atom is 0.0595 e. The van der Waals surface area contributed by atoms with E-state index in [2.05, 4.69) is 11.4 Å². The van der Waals surface area contributed by atoms with Gasteiger partial charge in [-0.2, -0.15) is 0 Å². The van der Waals surface area contributed by atoms with Gasteiger partial charge in [-0.1, -0.05) is 35.7 Å². The maximum absolute atomic E-state index is 6.03. The zero-order chi connectivity index (χ0) is 11.6. The second kappa shape index (κ2) is 4.95. The van der Waals surface area contributed by atoms with Crippen LogP contribution < -0.4 is 5.32 Å². The van der Waals surface area contributed by atoms with Gasteiger partial charge in [0.05, 0.1) is 10.0 Å². The average molecular weight is 258 g/mol. The van der Waals surface area contributed by atoms with E-state index in [1.807, 2.05) is 19.2 Å². The summed E-state index contributed by atoms with van der Waals surface area (Å²) in [5.41, 5.74) is 1.75. The van der Waals surface area contributed by atoms with E-state index < -0.39 is 0 Å². The molecule has 1 N–H and O–H groups in total. The Labute approximate surface area is 107 Å². The van der Waals surface area contributed by atoms with E-state index in [-0.39, 0.29) is 0 Å². The third kappa shape index (κ3) is 2.53. The zero-order valence-corrected chi connectivity index (χ0v) is 11.0. The van der Waals surface area contributed by atoms with Crippen LogP contribution in [0, 0.1) is 5.41 Å². The average Bonchev–Trinajstić information content (AvgIpc) is 2.20. The van der Waals surface area contributed by atoms with Crippen molar-refractivity contribution < 1.29 is 0 Å². The molecule has 1 aliphatic rings. The number of hydrogen-bond donors (Lipinski definition) is 1. The molecule has 0 aromatic heterocycles. The Kier molecular flexibility index (Phi) is 3.78. The first-order chi connectivity index (χ1) is 7.65. The highest BCUT2D eigenvalue weighted by Crippen LogP contribution is 2.43. The van der Waals surface area contributed by atoms with Crippen LogP contribution in [0.25, 0.3) is 0 Å². The molecule has 1 saturated carbocycles. The Bertz CT molecular complexity index is 372. The quantitative estimate of drug-likeness (QED) is 0.862. The minimum Gasteiger partial charge on any atom is -0.319 e. The molecule has 0 saturated heterocycles. The van der Waals surface area contributed by atoms with Crippen molar-refractivity contribution in [3.63, 3.8) is 0 Å². The summed E-state index contributed by atoms with van der Waals surface area (Å²) >= 11 is 11.9. The van der Waals surface area contributed by atoms with Gasteiger partial charge in [0.2, 0.25) is 0 Å². The Morgan fingerprint density at radius 1 is 1.25 bits per heavy atom. The molecule has 16 heavy (non-hydrogen) atoms. The highest BCUT2D eigenvalue weighted by Gasteiger charge is 2.36. The van der Waals surface area contributed by atoms with Gasteiger partial charge in [-0.15, -0.1) is 0 Å². The van der Waals surface area contributed by atoms with Gasteiger partial charge in [0.15, 0.2) is 0 Å². The van der Waals surface area contributed by atoms with Crippen LogP contribution in [0.3, 0.4) is 0 Å². The molecule has 0 atom stereocenters. The molecule has 0 radical (unpaired) electrons. The van der Waals surface area contributed by atoms with E-state index in [0.717, 1.165) is 13.0 Å². The molecule has 0 aliphatic heterocycles. The largest absolute Gasteiger partial charge is 0.319 e. The molecule has 1 aliphatic carbocycles. The second-order valence-electron chi connectivity index (χ2n) is 4.81. The van der Waals surface area contributed by atoms with Crippen LogP contribution in [0.5, 0.6) is 0 Å². The van der Waals surface area contributed by atoms with Gasteiger partial charge >= 0.3 is 0 Å². The zero-order valence-electron chi connectivity index (χ0n) is 9.52. The van der Waals surface area contributed by atoms with Crippen LogP contribution in [0.2, 0.25) is 10.0 Å². The lowest BCUT2D eigenvalue weighted by molar-refractivity contribution is 0.133. The van der Waals surface area contributed by atoms with Crippen LogP contribution in [-0.2, 0) is 6.42 Å². The highest BCUT2D eigenvalue weighted by atomic mass is 35.5. The molecule has 0 amide bonds. The fourth-order valence-electron chi connectivity index (χ4n) is 2.55. The van der Waals surface area contributed by atoms with E-state index in [1.165, 1.54) is 24.8 Å². The summed E-state index contributed by atoms with van der Waals surface area (Å²) in [6.45, 7) is 1.09. The molecule has 1 aromatic rings. The predicted molar refractivity (Wildman–Crippen MR) is 70.4 cm³/mol. The Balaban J connectivity index is 2.10. The molecule has 2 rings (SSSR count). The molecular formula is C13H17Cl2N. The van der Waals surface area contributed by atoms with E-state index in [0.29, 0.717) is 15.5 Å². The van der Waals surface area contributed by atoms with Crippen molar-refractivity contribution in [1.82, 2.24) is 5.32 Å². The Morgan fingerprint density at radius 2 is 2.00 bits per heavy atom. The van der Waals surface area contributed by atoms with Crippen LogP contribution >= 0.6 is 23.2 Å². The lowest BCUT2D eigenvalue weighted by atomic mass is 9.65. The van der Waals surface area contributed by atoms with Crippen LogP contribution in [0.15, 0.2) is 18.2 Å². The van der Waals surface area contributed by atoms with Crippen LogP contribution in [0.4, 0.5) is 0 Å². The number of rotatable bonds is 4. The second-order valence-corrected chi connectivity index (χ2v) is 5.62. The van der Waals surface area contributed by atoms with E-state index in [4.69, 9.17) is 23.2 Å². The Morgan fingerprint density at radius 3 is 2.50 bits per heavy atom. The van der Waals surface area contributed by atoms with Crippen molar-refractivity contribution in [2.45, 2.75) is 25.7 Å². The van der Waals surface area contributed by atoms with Gasteiger partial charge in [0, 0.05) is 6.54 Å². The molecule has 1 aromatic carbocycles. The lowest BCUT2D eigenvalue weighted by Crippen LogP contribution is -2.40. The van der Waals surface area contributed by atoms with Crippen molar-refractivity contribution in [3.05, 3.63) is 33.8 Å². The Hall–Kier alpha value is -0.240. The number of benzene rings is 1. The van der Waals surface area contributed by atoms with Gasteiger partial charge < -0.3 is 5.32 Å². The molecule has 88 valence electrons. The lowest BCUT2D eigenvalue weighted by Gasteiger charge is -2.42. The highest BCUT2D eigenvalue weighted by molar-refractivity contribution is 6.42. The minimum atomic E-state index is 0.450. The summed E-state index contributed by atoms with van der Waals surface area (Å²) in [5.74, 6) is 0. The van der Waals surface area contributed by atoms with Crippen LogP contribution in [-0.4, -0.2) is 13.6 Å². The fourth-order valence-corrected chi connectivity index (χ4v) is 2.87. The first-order valence-electron chi connectivity index (χ1n) is 5.74. The summed E-state index contributed by atoms with van der Waals surface area (Å²) in [4.78, 5) is 0. The van der Waals surface area contributed by atoms with Gasteiger partial charge in [-0.3, -0.25) is 0 Å². The predicted octanol–water partition coefficient (Wildman–Crippen LogP) is 3.93. The van der Waals surface area contributed by atoms with Gasteiger partial charge in [0.1, 0.15) is 0 Å². The summed E-state index contributed by atoms with van der Waals surface area (Å²) in [7, 11) is 2.02. The monoisotopic (exact) mass is 257 g/mol. The minimum absolute atomic E-state index is 0.450. The van der Waals surface area contributed by atoms with Crippen molar-refractivity contribution in [1.29, 1.82) is 0 Å². The maximum atomic E-state index is 6.03. The van der Waals surface area contributed by atoms with Crippen molar-refractivity contribution >= 4 is 23.2 Å². The normalized spacial score (nSPS) is 18.2. The van der Waals surface area contributed by atoms with Crippen molar-refractivity contribution in [2.24, 2.45) is 5.41 Å². The fraction of sp³-hybridized carbons (Fsp3) is 0.538. The molecule has 0 spiro atoms.